The molecule has 1 rings (SSSR count). The van der Waals surface area contributed by atoms with E-state index in [1.54, 1.807) is 0 Å². The normalized spacial score (nSPS) is 12.2. The van der Waals surface area contributed by atoms with Crippen molar-refractivity contribution in [2.24, 2.45) is 10.9 Å². The predicted octanol–water partition coefficient (Wildman–Crippen LogP) is 0.0201. The molecule has 0 radical (unpaired) electrons. The first kappa shape index (κ1) is 15.3. The fraction of sp³-hybridized carbons (Fsp3) is 0.500. The van der Waals surface area contributed by atoms with Crippen molar-refractivity contribution in [3.8, 4) is 5.75 Å². The maximum atomic E-state index is 11.0. The highest BCUT2D eigenvalue weighted by Gasteiger charge is 2.24. The Balaban J connectivity index is 3.27. The predicted molar refractivity (Wildman–Crippen MR) is 67.8 cm³/mol. The first-order valence-electron chi connectivity index (χ1n) is 5.33. The third kappa shape index (κ3) is 4.79. The van der Waals surface area contributed by atoms with Crippen molar-refractivity contribution < 1.29 is 17.9 Å². The van der Waals surface area contributed by atoms with E-state index in [2.05, 4.69) is 9.97 Å². The molecule has 0 unspecified atom stereocenters. The lowest BCUT2D eigenvalue weighted by Crippen LogP contribution is -2.24. The van der Waals surface area contributed by atoms with Crippen LogP contribution in [0.3, 0.4) is 0 Å². The van der Waals surface area contributed by atoms with Gasteiger partial charge in [0.25, 0.3) is 0 Å². The van der Waals surface area contributed by atoms with Crippen LogP contribution in [0.5, 0.6) is 5.75 Å². The molecule has 0 bridgehead atoms. The third-order valence-corrected chi connectivity index (χ3v) is 2.72. The molecule has 0 aromatic carbocycles. The number of ether oxygens (including phenoxy) is 1. The van der Waals surface area contributed by atoms with Crippen LogP contribution in [0.25, 0.3) is 0 Å². The van der Waals surface area contributed by atoms with E-state index in [4.69, 9.17) is 15.6 Å². The quantitative estimate of drug-likeness (QED) is 0.803. The number of sulfonamides is 1. The lowest BCUT2D eigenvalue weighted by atomic mass is 9.91. The van der Waals surface area contributed by atoms with Gasteiger partial charge in [-0.05, 0) is 0 Å². The molecule has 0 spiro atoms. The molecule has 0 aliphatic rings. The van der Waals surface area contributed by atoms with E-state index in [-0.39, 0.29) is 11.6 Å². The molecule has 9 heteroatoms. The number of primary sulfonamides is 1. The summed E-state index contributed by atoms with van der Waals surface area (Å²) in [6.07, 6.45) is 0.215. The van der Waals surface area contributed by atoms with Crippen molar-refractivity contribution in [1.82, 2.24) is 9.97 Å². The van der Waals surface area contributed by atoms with Crippen molar-refractivity contribution in [2.45, 2.75) is 31.9 Å². The first-order chi connectivity index (χ1) is 8.49. The van der Waals surface area contributed by atoms with Gasteiger partial charge in [-0.1, -0.05) is 20.8 Å². The second-order valence-electron chi connectivity index (χ2n) is 4.98. The number of nitrogens with zero attached hydrogens (tertiary/aromatic N) is 2. The van der Waals surface area contributed by atoms with E-state index in [1.165, 1.54) is 6.20 Å². The summed E-state index contributed by atoms with van der Waals surface area (Å²) in [5, 5.41) is 4.93. The van der Waals surface area contributed by atoms with Crippen LogP contribution in [-0.4, -0.2) is 24.5 Å². The highest BCUT2D eigenvalue weighted by atomic mass is 32.2. The number of primary amides is 1. The number of hydrogen-bond donors (Lipinski definition) is 2. The molecule has 0 fully saturated rings. The standard InChI is InChI=1S/C10H16N4O4S/c1-10(2,3)8-6(18-9(11)15)4-13-7(14-8)5-19(12,16)17/h4H,5H2,1-3H3,(H2,11,15)(H2,12,16,17). The Bertz CT molecular complexity index is 592. The molecule has 1 aromatic rings. The summed E-state index contributed by atoms with van der Waals surface area (Å²) in [5.74, 6) is -0.366. The summed E-state index contributed by atoms with van der Waals surface area (Å²) in [4.78, 5) is 18.7. The van der Waals surface area contributed by atoms with E-state index in [1.807, 2.05) is 20.8 Å². The Morgan fingerprint density at radius 1 is 1.42 bits per heavy atom. The Hall–Kier alpha value is -1.74. The van der Waals surface area contributed by atoms with E-state index in [0.717, 1.165) is 0 Å². The highest BCUT2D eigenvalue weighted by Crippen LogP contribution is 2.29. The van der Waals surface area contributed by atoms with Crippen molar-refractivity contribution in [1.29, 1.82) is 0 Å². The Morgan fingerprint density at radius 2 is 2.00 bits per heavy atom. The molecule has 0 saturated heterocycles. The SMILES string of the molecule is CC(C)(C)c1nc(CS(N)(=O)=O)ncc1OC(N)=O. The second kappa shape index (κ2) is 5.10. The van der Waals surface area contributed by atoms with Gasteiger partial charge in [-0.2, -0.15) is 0 Å². The number of carbonyl (C=O) groups is 1. The van der Waals surface area contributed by atoms with E-state index < -0.39 is 27.3 Å². The Labute approximate surface area is 111 Å². The number of carbonyl (C=O) groups excluding carboxylic acids is 1. The molecule has 0 aliphatic carbocycles. The third-order valence-electron chi connectivity index (χ3n) is 2.06. The lowest BCUT2D eigenvalue weighted by Gasteiger charge is -2.20. The van der Waals surface area contributed by atoms with E-state index in [9.17, 15) is 13.2 Å². The van der Waals surface area contributed by atoms with Gasteiger partial charge < -0.3 is 10.5 Å². The van der Waals surface area contributed by atoms with Crippen molar-refractivity contribution >= 4 is 16.1 Å². The van der Waals surface area contributed by atoms with Crippen LogP contribution in [0.4, 0.5) is 4.79 Å². The molecule has 19 heavy (non-hydrogen) atoms. The smallest absolute Gasteiger partial charge is 0.407 e. The van der Waals surface area contributed by atoms with Crippen LogP contribution in [0.1, 0.15) is 32.3 Å². The van der Waals surface area contributed by atoms with Gasteiger partial charge in [0.2, 0.25) is 10.0 Å². The van der Waals surface area contributed by atoms with Gasteiger partial charge >= 0.3 is 6.09 Å². The average Bonchev–Trinajstić information content (AvgIpc) is 2.15. The topological polar surface area (TPSA) is 138 Å². The molecule has 1 amide bonds. The summed E-state index contributed by atoms with van der Waals surface area (Å²) in [5.41, 5.74) is 4.83. The maximum Gasteiger partial charge on any atom is 0.410 e. The molecule has 0 atom stereocenters. The molecule has 8 nitrogen and oxygen atoms in total. The van der Waals surface area contributed by atoms with Gasteiger partial charge in [-0.25, -0.2) is 28.3 Å². The summed E-state index contributed by atoms with van der Waals surface area (Å²) in [6, 6.07) is 0. The van der Waals surface area contributed by atoms with Gasteiger partial charge in [-0.3, -0.25) is 0 Å². The minimum atomic E-state index is -3.73. The summed E-state index contributed by atoms with van der Waals surface area (Å²) >= 11 is 0. The van der Waals surface area contributed by atoms with Crippen molar-refractivity contribution in [3.63, 3.8) is 0 Å². The number of nitrogens with two attached hydrogens (primary N) is 2. The van der Waals surface area contributed by atoms with Gasteiger partial charge in [0, 0.05) is 5.41 Å². The van der Waals surface area contributed by atoms with Crippen LogP contribution < -0.4 is 15.6 Å². The fourth-order valence-electron chi connectivity index (χ4n) is 1.38. The van der Waals surface area contributed by atoms with E-state index in [0.29, 0.717) is 5.69 Å². The fourth-order valence-corrected chi connectivity index (χ4v) is 1.88. The number of amides is 1. The van der Waals surface area contributed by atoms with Crippen LogP contribution in [0, 0.1) is 0 Å². The van der Waals surface area contributed by atoms with Gasteiger partial charge in [0.15, 0.2) is 5.75 Å². The molecule has 0 saturated carbocycles. The summed E-state index contributed by atoms with van der Waals surface area (Å²) in [7, 11) is -3.73. The van der Waals surface area contributed by atoms with E-state index >= 15 is 0 Å². The zero-order chi connectivity index (χ0) is 14.8. The lowest BCUT2D eigenvalue weighted by molar-refractivity contribution is 0.209. The molecule has 106 valence electrons. The largest absolute Gasteiger partial charge is 0.410 e. The van der Waals surface area contributed by atoms with Gasteiger partial charge in [0.1, 0.15) is 11.6 Å². The number of rotatable bonds is 3. The summed E-state index contributed by atoms with van der Waals surface area (Å²) in [6.45, 7) is 5.47. The maximum absolute atomic E-state index is 11.0. The van der Waals surface area contributed by atoms with Gasteiger partial charge in [-0.15, -0.1) is 0 Å². The minimum Gasteiger partial charge on any atom is -0.407 e. The first-order valence-corrected chi connectivity index (χ1v) is 7.05. The molecule has 0 aliphatic heterocycles. The monoisotopic (exact) mass is 288 g/mol. The van der Waals surface area contributed by atoms with Crippen molar-refractivity contribution in [2.75, 3.05) is 0 Å². The summed E-state index contributed by atoms with van der Waals surface area (Å²) < 4.78 is 26.8. The zero-order valence-corrected chi connectivity index (χ0v) is 11.7. The average molecular weight is 288 g/mol. The van der Waals surface area contributed by atoms with Crippen LogP contribution in [-0.2, 0) is 21.2 Å². The number of aromatic nitrogens is 2. The molecule has 1 aromatic heterocycles. The second-order valence-corrected chi connectivity index (χ2v) is 6.59. The van der Waals surface area contributed by atoms with Crippen LogP contribution >= 0.6 is 0 Å². The van der Waals surface area contributed by atoms with Crippen LogP contribution in [0.2, 0.25) is 0 Å². The molecule has 4 N–H and O–H groups in total. The highest BCUT2D eigenvalue weighted by molar-refractivity contribution is 7.88. The Morgan fingerprint density at radius 3 is 2.42 bits per heavy atom. The zero-order valence-electron chi connectivity index (χ0n) is 10.9. The molecule has 1 heterocycles. The Kier molecular flexibility index (Phi) is 4.11. The van der Waals surface area contributed by atoms with Crippen LogP contribution in [0.15, 0.2) is 6.20 Å². The molecular weight excluding hydrogens is 272 g/mol. The molecular formula is C10H16N4O4S. The number of hydrogen-bond acceptors (Lipinski definition) is 6. The van der Waals surface area contributed by atoms with Crippen molar-refractivity contribution in [3.05, 3.63) is 17.7 Å². The minimum absolute atomic E-state index is 0.0317. The van der Waals surface area contributed by atoms with Gasteiger partial charge in [0.05, 0.1) is 11.9 Å².